The number of nitrogens with one attached hydrogen (secondary N) is 1. The number of aliphatic hydroxyl groups is 1. The van der Waals surface area contributed by atoms with Gasteiger partial charge in [-0.1, -0.05) is 30.3 Å². The summed E-state index contributed by atoms with van der Waals surface area (Å²) in [5.41, 5.74) is 0.987. The molecule has 2 N–H and O–H groups in total. The predicted octanol–water partition coefficient (Wildman–Crippen LogP) is 1.08. The van der Waals surface area contributed by atoms with Crippen molar-refractivity contribution in [2.24, 2.45) is 0 Å². The average molecular weight is 494 g/mol. The Kier molecular flexibility index (Phi) is 6.45. The van der Waals surface area contributed by atoms with Crippen LogP contribution in [0, 0.1) is 0 Å². The first-order valence-electron chi connectivity index (χ1n) is 10.6. The summed E-state index contributed by atoms with van der Waals surface area (Å²) in [4.78, 5) is 10.5. The van der Waals surface area contributed by atoms with Gasteiger partial charge in [0.05, 0.1) is 23.0 Å². The second-order valence-corrected chi connectivity index (χ2v) is 12.1. The van der Waals surface area contributed by atoms with Gasteiger partial charge in [-0.25, -0.2) is 35.5 Å². The van der Waals surface area contributed by atoms with E-state index in [1.165, 1.54) is 23.4 Å². The van der Waals surface area contributed by atoms with Crippen molar-refractivity contribution >= 4 is 36.9 Å². The molecule has 1 atom stereocenters. The number of hydrogen-bond acceptors (Lipinski definition) is 8. The minimum Gasteiger partial charge on any atom is -0.392 e. The molecule has 1 fully saturated rings. The van der Waals surface area contributed by atoms with Crippen LogP contribution in [0.15, 0.2) is 48.9 Å². The highest BCUT2D eigenvalue weighted by molar-refractivity contribution is 7.89. The fraction of sp³-hybridized carbons (Fsp3) is 0.429. The maximum absolute atomic E-state index is 13.0. The highest BCUT2D eigenvalue weighted by Crippen LogP contribution is 2.32. The Morgan fingerprint density at radius 3 is 2.52 bits per heavy atom. The summed E-state index contributed by atoms with van der Waals surface area (Å²) < 4.78 is 53.9. The van der Waals surface area contributed by atoms with Gasteiger partial charge in [0.25, 0.3) is 0 Å². The van der Waals surface area contributed by atoms with Crippen LogP contribution >= 0.6 is 0 Å². The lowest BCUT2D eigenvalue weighted by molar-refractivity contribution is 0.217. The van der Waals surface area contributed by atoms with E-state index in [9.17, 15) is 21.9 Å². The van der Waals surface area contributed by atoms with Crippen LogP contribution in [-0.4, -0.2) is 66.9 Å². The van der Waals surface area contributed by atoms with E-state index in [1.54, 1.807) is 30.3 Å². The SMILES string of the molecule is C[C@H](O)CS(=O)(=O)NC1CC(N(C)c2ncnc3c2ccn3S(=O)(=O)Cc2ccccc2)C1. The Bertz CT molecular complexity index is 1330. The van der Waals surface area contributed by atoms with Crippen molar-refractivity contribution in [3.8, 4) is 0 Å². The summed E-state index contributed by atoms with van der Waals surface area (Å²) in [5.74, 6) is 0.106. The molecule has 0 saturated heterocycles. The zero-order valence-electron chi connectivity index (χ0n) is 18.4. The number of rotatable bonds is 9. The van der Waals surface area contributed by atoms with Crippen LogP contribution in [0.4, 0.5) is 5.82 Å². The second-order valence-electron chi connectivity index (χ2n) is 8.47. The highest BCUT2D eigenvalue weighted by atomic mass is 32.2. The molecule has 1 saturated carbocycles. The lowest BCUT2D eigenvalue weighted by atomic mass is 9.86. The first-order valence-corrected chi connectivity index (χ1v) is 13.8. The van der Waals surface area contributed by atoms with Gasteiger partial charge < -0.3 is 10.0 Å². The Balaban J connectivity index is 1.50. The Hall–Kier alpha value is -2.54. The quantitative estimate of drug-likeness (QED) is 0.452. The third kappa shape index (κ3) is 5.18. The molecule has 0 bridgehead atoms. The predicted molar refractivity (Wildman–Crippen MR) is 126 cm³/mol. The fourth-order valence-corrected chi connectivity index (χ4v) is 6.91. The molecule has 0 radical (unpaired) electrons. The third-order valence-electron chi connectivity index (χ3n) is 5.72. The summed E-state index contributed by atoms with van der Waals surface area (Å²) in [7, 11) is -5.37. The van der Waals surface area contributed by atoms with E-state index >= 15 is 0 Å². The fourth-order valence-electron chi connectivity index (χ4n) is 4.07. The van der Waals surface area contributed by atoms with Crippen LogP contribution in [0.25, 0.3) is 11.0 Å². The molecule has 33 heavy (non-hydrogen) atoms. The zero-order chi connectivity index (χ0) is 23.8. The topological polar surface area (TPSA) is 134 Å². The molecule has 2 aromatic heterocycles. The molecule has 2 heterocycles. The van der Waals surface area contributed by atoms with Crippen molar-refractivity contribution in [1.29, 1.82) is 0 Å². The van der Waals surface area contributed by atoms with Crippen molar-refractivity contribution < 1.29 is 21.9 Å². The van der Waals surface area contributed by atoms with E-state index in [0.717, 1.165) is 0 Å². The molecule has 3 aromatic rings. The van der Waals surface area contributed by atoms with Gasteiger partial charge in [-0.15, -0.1) is 0 Å². The third-order valence-corrected chi connectivity index (χ3v) is 8.93. The highest BCUT2D eigenvalue weighted by Gasteiger charge is 2.36. The molecule has 12 heteroatoms. The van der Waals surface area contributed by atoms with Gasteiger partial charge >= 0.3 is 0 Å². The number of benzene rings is 1. The van der Waals surface area contributed by atoms with Crippen molar-refractivity contribution in [3.05, 3.63) is 54.5 Å². The van der Waals surface area contributed by atoms with Gasteiger partial charge in [-0.2, -0.15) is 0 Å². The van der Waals surface area contributed by atoms with Crippen molar-refractivity contribution in [3.63, 3.8) is 0 Å². The van der Waals surface area contributed by atoms with Gasteiger partial charge in [-0.05, 0) is 31.4 Å². The molecule has 178 valence electrons. The largest absolute Gasteiger partial charge is 0.392 e. The minimum absolute atomic E-state index is 0.0339. The number of sulfonamides is 1. The monoisotopic (exact) mass is 493 g/mol. The molecule has 1 aromatic carbocycles. The number of fused-ring (bicyclic) bond motifs is 1. The molecule has 1 aliphatic rings. The Morgan fingerprint density at radius 1 is 1.15 bits per heavy atom. The van der Waals surface area contributed by atoms with Crippen molar-refractivity contribution in [2.75, 3.05) is 17.7 Å². The van der Waals surface area contributed by atoms with E-state index in [1.807, 2.05) is 18.0 Å². The maximum Gasteiger partial charge on any atom is 0.244 e. The summed E-state index contributed by atoms with van der Waals surface area (Å²) in [5, 5.41) is 9.94. The van der Waals surface area contributed by atoms with Crippen LogP contribution in [0.3, 0.4) is 0 Å². The first kappa shape index (κ1) is 23.6. The summed E-state index contributed by atoms with van der Waals surface area (Å²) in [6, 6.07) is 10.5. The van der Waals surface area contributed by atoms with E-state index in [4.69, 9.17) is 0 Å². The van der Waals surface area contributed by atoms with Crippen LogP contribution < -0.4 is 9.62 Å². The Morgan fingerprint density at radius 2 is 1.85 bits per heavy atom. The minimum atomic E-state index is -3.68. The van der Waals surface area contributed by atoms with Crippen molar-refractivity contribution in [1.82, 2.24) is 18.7 Å². The van der Waals surface area contributed by atoms with Crippen LogP contribution in [-0.2, 0) is 25.8 Å². The lowest BCUT2D eigenvalue weighted by Crippen LogP contribution is -2.54. The molecular formula is C21H27N5O5S2. The van der Waals surface area contributed by atoms with Crippen LogP contribution in [0.5, 0.6) is 0 Å². The lowest BCUT2D eigenvalue weighted by Gasteiger charge is -2.42. The average Bonchev–Trinajstić information content (AvgIpc) is 3.14. The van der Waals surface area contributed by atoms with Gasteiger partial charge in [0.15, 0.2) is 5.65 Å². The summed E-state index contributed by atoms with van der Waals surface area (Å²) in [6.07, 6.45) is 3.05. The van der Waals surface area contributed by atoms with Crippen LogP contribution in [0.1, 0.15) is 25.3 Å². The maximum atomic E-state index is 13.0. The van der Waals surface area contributed by atoms with Gasteiger partial charge in [-0.3, -0.25) is 0 Å². The summed E-state index contributed by atoms with van der Waals surface area (Å²) in [6.45, 7) is 1.43. The number of anilines is 1. The van der Waals surface area contributed by atoms with Gasteiger partial charge in [0.1, 0.15) is 12.1 Å². The molecule has 0 aliphatic heterocycles. The molecule has 4 rings (SSSR count). The molecular weight excluding hydrogens is 466 g/mol. The van der Waals surface area contributed by atoms with Crippen molar-refractivity contribution in [2.45, 2.75) is 43.7 Å². The normalized spacial score (nSPS) is 19.8. The number of hydrogen-bond donors (Lipinski definition) is 2. The summed E-state index contributed by atoms with van der Waals surface area (Å²) >= 11 is 0. The van der Waals surface area contributed by atoms with Gasteiger partial charge in [0, 0.05) is 25.3 Å². The molecule has 0 amide bonds. The van der Waals surface area contributed by atoms with E-state index in [0.29, 0.717) is 35.3 Å². The smallest absolute Gasteiger partial charge is 0.244 e. The van der Waals surface area contributed by atoms with E-state index in [-0.39, 0.29) is 23.6 Å². The van der Waals surface area contributed by atoms with Crippen LogP contribution in [0.2, 0.25) is 0 Å². The first-order chi connectivity index (χ1) is 15.6. The number of nitrogens with zero attached hydrogens (tertiary/aromatic N) is 4. The zero-order valence-corrected chi connectivity index (χ0v) is 20.0. The Labute approximate surface area is 193 Å². The number of aliphatic hydroxyl groups excluding tert-OH is 1. The molecule has 1 aliphatic carbocycles. The van der Waals surface area contributed by atoms with Gasteiger partial charge in [0.2, 0.25) is 20.0 Å². The van der Waals surface area contributed by atoms with E-state index < -0.39 is 26.2 Å². The molecule has 0 spiro atoms. The molecule has 0 unspecified atom stereocenters. The molecule has 10 nitrogen and oxygen atoms in total. The standard InChI is InChI=1S/C21H27N5O5S2/c1-15(27)12-32(28,29)24-17-10-18(11-17)25(2)20-19-8-9-26(21(19)23-14-22-20)33(30,31)13-16-6-4-3-5-7-16/h3-9,14-15,17-18,24,27H,10-13H2,1-2H3/t15-,17?,18?/m0/s1. The van der Waals surface area contributed by atoms with E-state index in [2.05, 4.69) is 14.7 Å². The number of aromatic nitrogens is 3. The second kappa shape index (κ2) is 9.01.